The van der Waals surface area contributed by atoms with Gasteiger partial charge >= 0.3 is 0 Å². The Hall–Kier alpha value is -2.05. The molecule has 0 spiro atoms. The molecule has 2 aromatic rings. The predicted octanol–water partition coefficient (Wildman–Crippen LogP) is 3.36. The number of benzene rings is 2. The van der Waals surface area contributed by atoms with Gasteiger partial charge in [0.05, 0.1) is 19.1 Å². The monoisotopic (exact) mass is 349 g/mol. The second-order valence-corrected chi connectivity index (χ2v) is 7.33. The standard InChI is InChI=1S/C18H23NO4S/c1-12-10-15(22-4)11-13(2)18(12)24(20,21)19-14(3)16-8-6-7-9-17(16)23-5/h6-11,14,19H,1-5H3. The van der Waals surface area contributed by atoms with Crippen LogP contribution < -0.4 is 14.2 Å². The molecule has 6 heteroatoms. The Morgan fingerprint density at radius 3 is 2.12 bits per heavy atom. The highest BCUT2D eigenvalue weighted by atomic mass is 32.2. The van der Waals surface area contributed by atoms with Crippen molar-refractivity contribution >= 4 is 10.0 Å². The summed E-state index contributed by atoms with van der Waals surface area (Å²) in [5.74, 6) is 1.29. The van der Waals surface area contributed by atoms with Gasteiger partial charge in [0.1, 0.15) is 11.5 Å². The molecule has 5 nitrogen and oxygen atoms in total. The van der Waals surface area contributed by atoms with Gasteiger partial charge in [-0.3, -0.25) is 0 Å². The summed E-state index contributed by atoms with van der Waals surface area (Å²) in [6.07, 6.45) is 0. The fraction of sp³-hybridized carbons (Fsp3) is 0.333. The molecule has 2 aromatic carbocycles. The van der Waals surface area contributed by atoms with E-state index in [2.05, 4.69) is 4.72 Å². The Morgan fingerprint density at radius 2 is 1.58 bits per heavy atom. The molecule has 1 atom stereocenters. The average molecular weight is 349 g/mol. The lowest BCUT2D eigenvalue weighted by atomic mass is 10.1. The van der Waals surface area contributed by atoms with E-state index in [1.807, 2.05) is 24.3 Å². The van der Waals surface area contributed by atoms with Crippen LogP contribution in [-0.2, 0) is 10.0 Å². The van der Waals surface area contributed by atoms with Crippen molar-refractivity contribution < 1.29 is 17.9 Å². The summed E-state index contributed by atoms with van der Waals surface area (Å²) >= 11 is 0. The highest BCUT2D eigenvalue weighted by molar-refractivity contribution is 7.89. The minimum atomic E-state index is -3.68. The van der Waals surface area contributed by atoms with Gasteiger partial charge in [-0.25, -0.2) is 13.1 Å². The van der Waals surface area contributed by atoms with Crippen LogP contribution in [0.1, 0.15) is 29.7 Å². The van der Waals surface area contributed by atoms with Crippen molar-refractivity contribution in [2.75, 3.05) is 14.2 Å². The fourth-order valence-corrected chi connectivity index (χ4v) is 4.51. The SMILES string of the molecule is COc1cc(C)c(S(=O)(=O)NC(C)c2ccccc2OC)c(C)c1. The number of para-hydroxylation sites is 1. The summed E-state index contributed by atoms with van der Waals surface area (Å²) in [6, 6.07) is 10.4. The molecule has 0 aliphatic carbocycles. The molecule has 0 aliphatic rings. The second kappa shape index (κ2) is 7.23. The Morgan fingerprint density at radius 1 is 1.00 bits per heavy atom. The van der Waals surface area contributed by atoms with Crippen LogP contribution in [0.15, 0.2) is 41.3 Å². The maximum Gasteiger partial charge on any atom is 0.241 e. The highest BCUT2D eigenvalue weighted by Crippen LogP contribution is 2.29. The van der Waals surface area contributed by atoms with E-state index >= 15 is 0 Å². The predicted molar refractivity (Wildman–Crippen MR) is 94.2 cm³/mol. The molecule has 0 amide bonds. The summed E-state index contributed by atoms with van der Waals surface area (Å²) in [6.45, 7) is 5.32. The number of rotatable bonds is 6. The zero-order valence-corrected chi connectivity index (χ0v) is 15.4. The third kappa shape index (κ3) is 3.71. The minimum Gasteiger partial charge on any atom is -0.497 e. The summed E-state index contributed by atoms with van der Waals surface area (Å²) in [5, 5.41) is 0. The number of sulfonamides is 1. The summed E-state index contributed by atoms with van der Waals surface area (Å²) < 4.78 is 39.0. The zero-order valence-electron chi connectivity index (χ0n) is 14.6. The normalized spacial score (nSPS) is 12.7. The van der Waals surface area contributed by atoms with Crippen LogP contribution in [0.2, 0.25) is 0 Å². The first kappa shape index (κ1) is 18.3. The molecule has 0 bridgehead atoms. The molecule has 130 valence electrons. The van der Waals surface area contributed by atoms with Crippen molar-refractivity contribution in [2.24, 2.45) is 0 Å². The molecule has 0 aromatic heterocycles. The quantitative estimate of drug-likeness (QED) is 0.868. The third-order valence-electron chi connectivity index (χ3n) is 3.88. The molecular formula is C18H23NO4S. The number of aryl methyl sites for hydroxylation is 2. The smallest absolute Gasteiger partial charge is 0.241 e. The van der Waals surface area contributed by atoms with E-state index in [1.165, 1.54) is 0 Å². The second-order valence-electron chi connectivity index (χ2n) is 5.68. The number of hydrogen-bond acceptors (Lipinski definition) is 4. The van der Waals surface area contributed by atoms with Crippen molar-refractivity contribution in [3.05, 3.63) is 53.1 Å². The van der Waals surface area contributed by atoms with Crippen molar-refractivity contribution in [2.45, 2.75) is 31.7 Å². The molecule has 0 fully saturated rings. The van der Waals surface area contributed by atoms with Gasteiger partial charge < -0.3 is 9.47 Å². The first-order valence-corrected chi connectivity index (χ1v) is 9.09. The van der Waals surface area contributed by atoms with Gasteiger partial charge in [-0.1, -0.05) is 18.2 Å². The highest BCUT2D eigenvalue weighted by Gasteiger charge is 2.24. The molecule has 0 radical (unpaired) electrons. The maximum atomic E-state index is 12.9. The molecule has 0 heterocycles. The first-order valence-electron chi connectivity index (χ1n) is 7.60. The molecule has 0 aliphatic heterocycles. The number of nitrogens with one attached hydrogen (secondary N) is 1. The lowest BCUT2D eigenvalue weighted by molar-refractivity contribution is 0.405. The number of ether oxygens (including phenoxy) is 2. The van der Waals surface area contributed by atoms with Crippen LogP contribution in [0, 0.1) is 13.8 Å². The number of methoxy groups -OCH3 is 2. The van der Waals surface area contributed by atoms with Crippen LogP contribution in [0.25, 0.3) is 0 Å². The van der Waals surface area contributed by atoms with E-state index in [9.17, 15) is 8.42 Å². The maximum absolute atomic E-state index is 12.9. The average Bonchev–Trinajstić information content (AvgIpc) is 2.53. The topological polar surface area (TPSA) is 64.6 Å². The number of hydrogen-bond donors (Lipinski definition) is 1. The van der Waals surface area contributed by atoms with E-state index in [0.717, 1.165) is 5.56 Å². The van der Waals surface area contributed by atoms with Gasteiger partial charge in [-0.15, -0.1) is 0 Å². The molecule has 0 saturated carbocycles. The Balaban J connectivity index is 2.38. The van der Waals surface area contributed by atoms with Crippen LogP contribution in [0.5, 0.6) is 11.5 Å². The lowest BCUT2D eigenvalue weighted by Crippen LogP contribution is -2.28. The Kier molecular flexibility index (Phi) is 5.51. The van der Waals surface area contributed by atoms with Crippen LogP contribution in [0.3, 0.4) is 0 Å². The summed E-state index contributed by atoms with van der Waals surface area (Å²) in [7, 11) is -0.553. The van der Waals surface area contributed by atoms with E-state index in [1.54, 1.807) is 47.1 Å². The lowest BCUT2D eigenvalue weighted by Gasteiger charge is -2.19. The third-order valence-corrected chi connectivity index (χ3v) is 5.72. The molecule has 1 N–H and O–H groups in total. The molecule has 2 rings (SSSR count). The molecule has 1 unspecified atom stereocenters. The van der Waals surface area contributed by atoms with E-state index in [-0.39, 0.29) is 4.90 Å². The van der Waals surface area contributed by atoms with Crippen molar-refractivity contribution in [1.29, 1.82) is 0 Å². The van der Waals surface area contributed by atoms with Crippen molar-refractivity contribution in [3.63, 3.8) is 0 Å². The van der Waals surface area contributed by atoms with E-state index < -0.39 is 16.1 Å². The summed E-state index contributed by atoms with van der Waals surface area (Å²) in [5.41, 5.74) is 2.07. The van der Waals surface area contributed by atoms with Crippen molar-refractivity contribution in [1.82, 2.24) is 4.72 Å². The summed E-state index contributed by atoms with van der Waals surface area (Å²) in [4.78, 5) is 0.282. The van der Waals surface area contributed by atoms with Gasteiger partial charge in [-0.05, 0) is 50.1 Å². The van der Waals surface area contributed by atoms with Crippen molar-refractivity contribution in [3.8, 4) is 11.5 Å². The Labute approximate surface area is 143 Å². The van der Waals surface area contributed by atoms with Gasteiger partial charge in [-0.2, -0.15) is 0 Å². The van der Waals surface area contributed by atoms with Crippen LogP contribution in [0.4, 0.5) is 0 Å². The molecule has 0 saturated heterocycles. The van der Waals surface area contributed by atoms with Gasteiger partial charge in [0, 0.05) is 11.6 Å². The Bertz CT molecular complexity index is 808. The minimum absolute atomic E-state index is 0.282. The molecular weight excluding hydrogens is 326 g/mol. The fourth-order valence-electron chi connectivity index (χ4n) is 2.83. The van der Waals surface area contributed by atoms with Gasteiger partial charge in [0.15, 0.2) is 0 Å². The first-order chi connectivity index (χ1) is 11.3. The largest absolute Gasteiger partial charge is 0.497 e. The zero-order chi connectivity index (χ0) is 17.9. The molecule has 24 heavy (non-hydrogen) atoms. The van der Waals surface area contributed by atoms with Gasteiger partial charge in [0.25, 0.3) is 0 Å². The van der Waals surface area contributed by atoms with Gasteiger partial charge in [0.2, 0.25) is 10.0 Å². The van der Waals surface area contributed by atoms with Crippen LogP contribution in [-0.4, -0.2) is 22.6 Å². The van der Waals surface area contributed by atoms with Crippen LogP contribution >= 0.6 is 0 Å². The van der Waals surface area contributed by atoms with E-state index in [0.29, 0.717) is 22.6 Å². The van der Waals surface area contributed by atoms with E-state index in [4.69, 9.17) is 9.47 Å².